The Morgan fingerprint density at radius 2 is 1.56 bits per heavy atom. The first-order chi connectivity index (χ1) is 19.8. The van der Waals surface area contributed by atoms with E-state index in [0.29, 0.717) is 0 Å². The minimum Gasteiger partial charge on any atom is -0.494 e. The van der Waals surface area contributed by atoms with Crippen LogP contribution in [-0.4, -0.2) is 44.9 Å². The second-order valence-corrected chi connectivity index (χ2v) is 9.65. The zero-order chi connectivity index (χ0) is 32.5. The first kappa shape index (κ1) is 33.5. The average Bonchev–Trinajstić information content (AvgIpc) is 2.91. The molecule has 0 atom stereocenters. The molecule has 0 spiro atoms. The van der Waals surface area contributed by atoms with Crippen LogP contribution in [-0.2, 0) is 12.7 Å². The van der Waals surface area contributed by atoms with Gasteiger partial charge in [0.1, 0.15) is 7.05 Å². The Bertz CT molecular complexity index is 1500. The zero-order valence-electron chi connectivity index (χ0n) is 22.1. The lowest BCUT2D eigenvalue weighted by atomic mass is 9.93. The quantitative estimate of drug-likeness (QED) is 0.211. The van der Waals surface area contributed by atoms with Crippen molar-refractivity contribution in [1.29, 1.82) is 0 Å². The zero-order valence-corrected chi connectivity index (χ0v) is 23.7. The monoisotopic (exact) mass is 688 g/mol. The van der Waals surface area contributed by atoms with Gasteiger partial charge in [0, 0.05) is 29.2 Å². The molecule has 0 bridgehead atoms. The molecule has 7 nitrogen and oxygen atoms in total. The topological polar surface area (TPSA) is 71.8 Å². The summed E-state index contributed by atoms with van der Waals surface area (Å²) in [6.45, 7) is -3.80. The van der Waals surface area contributed by atoms with E-state index in [1.165, 1.54) is 37.4 Å². The number of benzene rings is 2. The lowest BCUT2D eigenvalue weighted by Gasteiger charge is -2.31. The van der Waals surface area contributed by atoms with Gasteiger partial charge in [-0.1, -0.05) is 6.07 Å². The normalized spacial score (nSPS) is 12.2. The molecule has 0 aliphatic heterocycles. The fraction of sp³-hybridized carbons (Fsp3) is 0.269. The molecule has 43 heavy (non-hydrogen) atoms. The van der Waals surface area contributed by atoms with Crippen molar-refractivity contribution in [3.05, 3.63) is 76.0 Å². The highest BCUT2D eigenvalue weighted by molar-refractivity contribution is 9.10. The number of nitrogens with zero attached hydrogens (tertiary/aromatic N) is 2. The summed E-state index contributed by atoms with van der Waals surface area (Å²) in [6, 6.07) is 6.73. The average molecular weight is 689 g/mol. The van der Waals surface area contributed by atoms with Crippen molar-refractivity contribution in [2.45, 2.75) is 24.6 Å². The van der Waals surface area contributed by atoms with Gasteiger partial charge in [-0.25, -0.2) is 8.96 Å². The number of aromatic nitrogens is 1. The molecular formula is C26H20BrF9N3O4+. The van der Waals surface area contributed by atoms with Gasteiger partial charge in [-0.2, -0.15) is 35.1 Å². The number of pyridine rings is 1. The standard InChI is InChI=1S/C26H19BrF9N3O4/c1-38-9-7-13(8-10-38)22(41)39(2)17-6-4-5-15(20(17)42-3)21(40)37-19-16(27)11-14(12-18(19)43-23(28)29)24(30,25(31,32)33)26(34,35)36/h4-12,23H,1-3H3/p+1. The molecule has 2 aromatic carbocycles. The Balaban J connectivity index is 2.08. The van der Waals surface area contributed by atoms with E-state index >= 15 is 0 Å². The SMILES string of the molecule is COc1c(C(=O)Nc2c(Br)cc(C(F)(C(F)(F)F)C(F)(F)F)cc2OC(F)F)cccc1N(C)C(=O)c1cc[n+](C)cc1. The van der Waals surface area contributed by atoms with Gasteiger partial charge in [0.25, 0.3) is 11.8 Å². The van der Waals surface area contributed by atoms with Gasteiger partial charge < -0.3 is 19.7 Å². The minimum absolute atomic E-state index is 0.0227. The summed E-state index contributed by atoms with van der Waals surface area (Å²) in [5.41, 5.74) is -8.97. The van der Waals surface area contributed by atoms with Crippen LogP contribution in [0.15, 0.2) is 59.3 Å². The molecular weight excluding hydrogens is 669 g/mol. The van der Waals surface area contributed by atoms with Crippen LogP contribution >= 0.6 is 15.9 Å². The van der Waals surface area contributed by atoms with Crippen molar-refractivity contribution in [1.82, 2.24) is 0 Å². The summed E-state index contributed by atoms with van der Waals surface area (Å²) in [6.07, 6.45) is -9.88. The van der Waals surface area contributed by atoms with Crippen LogP contribution in [0.2, 0.25) is 0 Å². The number of carbonyl (C=O) groups is 2. The van der Waals surface area contributed by atoms with Gasteiger partial charge in [0.05, 0.1) is 29.6 Å². The van der Waals surface area contributed by atoms with Crippen LogP contribution in [0.4, 0.5) is 50.9 Å². The lowest BCUT2D eigenvalue weighted by molar-refractivity contribution is -0.671. The van der Waals surface area contributed by atoms with Gasteiger partial charge in [0.2, 0.25) is 0 Å². The number of aryl methyl sites for hydroxylation is 1. The Morgan fingerprint density at radius 3 is 2.07 bits per heavy atom. The minimum atomic E-state index is -6.55. The molecule has 0 aliphatic carbocycles. The van der Waals surface area contributed by atoms with Gasteiger partial charge in [0.15, 0.2) is 23.9 Å². The number of ether oxygens (including phenoxy) is 2. The van der Waals surface area contributed by atoms with Gasteiger partial charge in [-0.15, -0.1) is 0 Å². The highest BCUT2D eigenvalue weighted by Gasteiger charge is 2.73. The summed E-state index contributed by atoms with van der Waals surface area (Å²) in [5.74, 6) is -3.32. The largest absolute Gasteiger partial charge is 0.494 e. The maximum Gasteiger partial charge on any atom is 0.435 e. The highest BCUT2D eigenvalue weighted by Crippen LogP contribution is 2.55. The van der Waals surface area contributed by atoms with E-state index in [4.69, 9.17) is 4.74 Å². The third-order valence-electron chi connectivity index (χ3n) is 6.02. The number of halogens is 10. The summed E-state index contributed by atoms with van der Waals surface area (Å²) in [4.78, 5) is 27.4. The number of alkyl halides is 9. The van der Waals surface area contributed by atoms with E-state index in [1.54, 1.807) is 24.0 Å². The first-order valence-electron chi connectivity index (χ1n) is 11.7. The number of rotatable bonds is 8. The molecule has 0 radical (unpaired) electrons. The molecule has 17 heteroatoms. The van der Waals surface area contributed by atoms with Crippen molar-refractivity contribution in [3.63, 3.8) is 0 Å². The highest BCUT2D eigenvalue weighted by atomic mass is 79.9. The molecule has 2 amide bonds. The van der Waals surface area contributed by atoms with Crippen molar-refractivity contribution >= 4 is 39.1 Å². The predicted octanol–water partition coefficient (Wildman–Crippen LogP) is 6.70. The molecule has 1 aromatic heterocycles. The molecule has 0 fully saturated rings. The molecule has 1 heterocycles. The fourth-order valence-electron chi connectivity index (χ4n) is 3.89. The number of carbonyl (C=O) groups excluding carboxylic acids is 2. The van der Waals surface area contributed by atoms with E-state index < -0.39 is 57.9 Å². The molecule has 0 unspecified atom stereocenters. The summed E-state index contributed by atoms with van der Waals surface area (Å²) in [7, 11) is 4.23. The molecule has 0 saturated carbocycles. The third kappa shape index (κ3) is 6.65. The van der Waals surface area contributed by atoms with Crippen LogP contribution < -0.4 is 24.3 Å². The number of nitrogens with one attached hydrogen (secondary N) is 1. The van der Waals surface area contributed by atoms with Crippen molar-refractivity contribution < 1.29 is 63.1 Å². The summed E-state index contributed by atoms with van der Waals surface area (Å²) >= 11 is 2.61. The Hall–Kier alpha value is -4.02. The Morgan fingerprint density at radius 1 is 0.977 bits per heavy atom. The van der Waals surface area contributed by atoms with Gasteiger partial charge in [-0.3, -0.25) is 9.59 Å². The van der Waals surface area contributed by atoms with E-state index in [-0.39, 0.29) is 34.7 Å². The first-order valence-corrected chi connectivity index (χ1v) is 12.5. The van der Waals surface area contributed by atoms with Gasteiger partial charge in [-0.05, 0) is 40.2 Å². The Labute approximate surface area is 245 Å². The third-order valence-corrected chi connectivity index (χ3v) is 6.65. The van der Waals surface area contributed by atoms with Crippen LogP contribution in [0.5, 0.6) is 11.5 Å². The predicted molar refractivity (Wildman–Crippen MR) is 137 cm³/mol. The maximum absolute atomic E-state index is 14.7. The summed E-state index contributed by atoms with van der Waals surface area (Å²) in [5, 5.41) is 2.05. The molecule has 1 N–H and O–H groups in total. The molecule has 0 saturated heterocycles. The van der Waals surface area contributed by atoms with E-state index in [0.717, 1.165) is 12.0 Å². The van der Waals surface area contributed by atoms with Gasteiger partial charge >= 0.3 is 24.6 Å². The van der Waals surface area contributed by atoms with Crippen molar-refractivity contribution in [3.8, 4) is 11.5 Å². The van der Waals surface area contributed by atoms with Crippen molar-refractivity contribution in [2.24, 2.45) is 7.05 Å². The second-order valence-electron chi connectivity index (χ2n) is 8.79. The lowest BCUT2D eigenvalue weighted by Crippen LogP contribution is -2.50. The molecule has 3 rings (SSSR count). The Kier molecular flexibility index (Phi) is 9.58. The summed E-state index contributed by atoms with van der Waals surface area (Å²) < 4.78 is 131. The number of anilines is 2. The van der Waals surface area contributed by atoms with Crippen LogP contribution in [0, 0.1) is 0 Å². The second kappa shape index (κ2) is 12.3. The number of methoxy groups -OCH3 is 1. The van der Waals surface area contributed by atoms with E-state index in [2.05, 4.69) is 20.7 Å². The fourth-order valence-corrected chi connectivity index (χ4v) is 4.43. The number of hydrogen-bond acceptors (Lipinski definition) is 4. The number of hydrogen-bond donors (Lipinski definition) is 1. The number of amides is 2. The van der Waals surface area contributed by atoms with Crippen LogP contribution in [0.3, 0.4) is 0 Å². The molecule has 3 aromatic rings. The number of para-hydroxylation sites is 1. The van der Waals surface area contributed by atoms with E-state index in [1.807, 2.05) is 5.32 Å². The van der Waals surface area contributed by atoms with Crippen molar-refractivity contribution in [2.75, 3.05) is 24.4 Å². The van der Waals surface area contributed by atoms with Crippen LogP contribution in [0.1, 0.15) is 26.3 Å². The smallest absolute Gasteiger partial charge is 0.435 e. The van der Waals surface area contributed by atoms with E-state index in [9.17, 15) is 49.1 Å². The van der Waals surface area contributed by atoms with Crippen LogP contribution in [0.25, 0.3) is 0 Å². The maximum atomic E-state index is 14.7. The molecule has 232 valence electrons. The molecule has 0 aliphatic rings.